The number of hydrogen-bond donors (Lipinski definition) is 4. The van der Waals surface area contributed by atoms with Crippen LogP contribution in [0.15, 0.2) is 23.0 Å². The van der Waals surface area contributed by atoms with Gasteiger partial charge in [0.15, 0.2) is 0 Å². The van der Waals surface area contributed by atoms with Crippen molar-refractivity contribution in [2.24, 2.45) is 0 Å². The Balaban J connectivity index is 1.92. The Hall–Kier alpha value is -1.75. The second kappa shape index (κ2) is 5.54. The highest BCUT2D eigenvalue weighted by atomic mass is 16.1. The Kier molecular flexibility index (Phi) is 3.82. The molecule has 92 valence electrons. The summed E-state index contributed by atoms with van der Waals surface area (Å²) in [6, 6.07) is 5.83. The molecule has 17 heavy (non-hydrogen) atoms. The molecule has 0 spiro atoms. The van der Waals surface area contributed by atoms with Crippen LogP contribution >= 0.6 is 0 Å². The molecular formula is C12H18N4O. The molecule has 0 atom stereocenters. The lowest BCUT2D eigenvalue weighted by Crippen LogP contribution is -2.10. The molecule has 0 bridgehead atoms. The Morgan fingerprint density at radius 2 is 1.88 bits per heavy atom. The summed E-state index contributed by atoms with van der Waals surface area (Å²) in [4.78, 5) is 16.6. The zero-order valence-electron chi connectivity index (χ0n) is 9.97. The number of nitrogens with one attached hydrogen (secondary N) is 4. The molecule has 1 aromatic heterocycles. The van der Waals surface area contributed by atoms with E-state index in [1.807, 2.05) is 25.2 Å². The fourth-order valence-corrected chi connectivity index (χ4v) is 1.80. The molecule has 0 aliphatic heterocycles. The first-order valence-corrected chi connectivity index (χ1v) is 5.90. The van der Waals surface area contributed by atoms with Crippen LogP contribution in [0.2, 0.25) is 0 Å². The van der Waals surface area contributed by atoms with E-state index in [0.29, 0.717) is 0 Å². The van der Waals surface area contributed by atoms with E-state index in [0.717, 1.165) is 42.7 Å². The van der Waals surface area contributed by atoms with Crippen molar-refractivity contribution in [3.8, 4) is 0 Å². The van der Waals surface area contributed by atoms with E-state index in [-0.39, 0.29) is 5.69 Å². The molecule has 1 aromatic carbocycles. The van der Waals surface area contributed by atoms with E-state index < -0.39 is 0 Å². The lowest BCUT2D eigenvalue weighted by molar-refractivity contribution is 0.694. The summed E-state index contributed by atoms with van der Waals surface area (Å²) in [5, 5.41) is 6.46. The van der Waals surface area contributed by atoms with Gasteiger partial charge >= 0.3 is 5.69 Å². The molecule has 2 rings (SSSR count). The van der Waals surface area contributed by atoms with Crippen LogP contribution in [0, 0.1) is 0 Å². The first-order chi connectivity index (χ1) is 8.29. The molecule has 0 unspecified atom stereocenters. The average Bonchev–Trinajstić information content (AvgIpc) is 2.68. The van der Waals surface area contributed by atoms with E-state index in [4.69, 9.17) is 0 Å². The Morgan fingerprint density at radius 1 is 1.12 bits per heavy atom. The van der Waals surface area contributed by atoms with Crippen LogP contribution in [0.5, 0.6) is 0 Å². The summed E-state index contributed by atoms with van der Waals surface area (Å²) in [7, 11) is 1.96. The molecule has 0 saturated carbocycles. The van der Waals surface area contributed by atoms with Crippen LogP contribution < -0.4 is 16.3 Å². The van der Waals surface area contributed by atoms with Gasteiger partial charge < -0.3 is 20.6 Å². The zero-order chi connectivity index (χ0) is 12.1. The molecule has 0 amide bonds. The topological polar surface area (TPSA) is 72.7 Å². The fraction of sp³-hybridized carbons (Fsp3) is 0.417. The minimum absolute atomic E-state index is 0.161. The van der Waals surface area contributed by atoms with Gasteiger partial charge in [0.05, 0.1) is 11.0 Å². The van der Waals surface area contributed by atoms with Crippen LogP contribution in [-0.4, -0.2) is 30.1 Å². The number of benzene rings is 1. The van der Waals surface area contributed by atoms with Gasteiger partial charge in [-0.15, -0.1) is 0 Å². The molecule has 5 heteroatoms. The number of rotatable bonds is 6. The largest absolute Gasteiger partial charge is 0.385 e. The molecule has 0 saturated heterocycles. The van der Waals surface area contributed by atoms with Crippen molar-refractivity contribution in [3.63, 3.8) is 0 Å². The van der Waals surface area contributed by atoms with Gasteiger partial charge in [-0.3, -0.25) is 0 Å². The maximum atomic E-state index is 11.1. The quantitative estimate of drug-likeness (QED) is 0.569. The van der Waals surface area contributed by atoms with Crippen molar-refractivity contribution >= 4 is 16.7 Å². The molecule has 2 aromatic rings. The van der Waals surface area contributed by atoms with E-state index in [2.05, 4.69) is 20.6 Å². The molecule has 0 aliphatic rings. The second-order valence-corrected chi connectivity index (χ2v) is 4.08. The Labute approximate surface area is 99.6 Å². The molecule has 0 aliphatic carbocycles. The maximum Gasteiger partial charge on any atom is 0.323 e. The predicted octanol–water partition coefficient (Wildman–Crippen LogP) is 1.27. The third-order valence-corrected chi connectivity index (χ3v) is 2.70. The molecule has 1 heterocycles. The first kappa shape index (κ1) is 11.7. The third-order valence-electron chi connectivity index (χ3n) is 2.70. The number of H-pyrrole nitrogens is 2. The second-order valence-electron chi connectivity index (χ2n) is 4.08. The van der Waals surface area contributed by atoms with E-state index in [9.17, 15) is 4.79 Å². The van der Waals surface area contributed by atoms with E-state index in [1.165, 1.54) is 0 Å². The summed E-state index contributed by atoms with van der Waals surface area (Å²) in [6.07, 6.45) is 2.29. The smallest absolute Gasteiger partial charge is 0.323 e. The Bertz CT molecular complexity index is 529. The molecule has 4 N–H and O–H groups in total. The van der Waals surface area contributed by atoms with Gasteiger partial charge in [0, 0.05) is 12.2 Å². The minimum atomic E-state index is -0.161. The van der Waals surface area contributed by atoms with Crippen LogP contribution in [0.25, 0.3) is 11.0 Å². The highest BCUT2D eigenvalue weighted by Gasteiger charge is 1.99. The highest BCUT2D eigenvalue weighted by Crippen LogP contribution is 2.14. The van der Waals surface area contributed by atoms with Crippen LogP contribution in [0.4, 0.5) is 5.69 Å². The van der Waals surface area contributed by atoms with Gasteiger partial charge in [-0.25, -0.2) is 4.79 Å². The Morgan fingerprint density at radius 3 is 2.71 bits per heavy atom. The highest BCUT2D eigenvalue weighted by molar-refractivity contribution is 5.78. The van der Waals surface area contributed by atoms with Crippen molar-refractivity contribution in [3.05, 3.63) is 28.7 Å². The van der Waals surface area contributed by atoms with Crippen LogP contribution in [0.1, 0.15) is 12.8 Å². The zero-order valence-corrected chi connectivity index (χ0v) is 9.97. The molecule has 5 nitrogen and oxygen atoms in total. The first-order valence-electron chi connectivity index (χ1n) is 5.90. The van der Waals surface area contributed by atoms with Crippen molar-refractivity contribution in [1.82, 2.24) is 15.3 Å². The number of anilines is 1. The predicted molar refractivity (Wildman–Crippen MR) is 70.6 cm³/mol. The SMILES string of the molecule is CNCCCCNc1ccc2[nH]c(=O)[nH]c2c1. The van der Waals surface area contributed by atoms with Crippen molar-refractivity contribution in [2.45, 2.75) is 12.8 Å². The fourth-order valence-electron chi connectivity index (χ4n) is 1.80. The van der Waals surface area contributed by atoms with Gasteiger partial charge in [0.25, 0.3) is 0 Å². The summed E-state index contributed by atoms with van der Waals surface area (Å²) < 4.78 is 0. The average molecular weight is 234 g/mol. The van der Waals surface area contributed by atoms with E-state index in [1.54, 1.807) is 0 Å². The maximum absolute atomic E-state index is 11.1. The number of unbranched alkanes of at least 4 members (excludes halogenated alkanes) is 1. The van der Waals surface area contributed by atoms with Crippen molar-refractivity contribution in [2.75, 3.05) is 25.5 Å². The number of hydrogen-bond acceptors (Lipinski definition) is 3. The van der Waals surface area contributed by atoms with Crippen molar-refractivity contribution < 1.29 is 0 Å². The lowest BCUT2D eigenvalue weighted by Gasteiger charge is -2.06. The summed E-state index contributed by atoms with van der Waals surface area (Å²) in [5.74, 6) is 0. The monoisotopic (exact) mass is 234 g/mol. The van der Waals surface area contributed by atoms with Crippen LogP contribution in [-0.2, 0) is 0 Å². The van der Waals surface area contributed by atoms with Gasteiger partial charge in [-0.2, -0.15) is 0 Å². The van der Waals surface area contributed by atoms with Crippen molar-refractivity contribution in [1.29, 1.82) is 0 Å². The standard InChI is InChI=1S/C12H18N4O/c1-13-6-2-3-7-14-9-4-5-10-11(8-9)16-12(17)15-10/h4-5,8,13-14H,2-3,6-7H2,1H3,(H2,15,16,17). The van der Waals surface area contributed by atoms with Gasteiger partial charge in [-0.05, 0) is 44.6 Å². The molecule has 0 fully saturated rings. The van der Waals surface area contributed by atoms with Gasteiger partial charge in [0.1, 0.15) is 0 Å². The van der Waals surface area contributed by atoms with Crippen LogP contribution in [0.3, 0.4) is 0 Å². The summed E-state index contributed by atoms with van der Waals surface area (Å²) >= 11 is 0. The number of fused-ring (bicyclic) bond motifs is 1. The summed E-state index contributed by atoms with van der Waals surface area (Å²) in [5.41, 5.74) is 2.56. The number of aromatic nitrogens is 2. The lowest BCUT2D eigenvalue weighted by atomic mass is 10.2. The molecular weight excluding hydrogens is 216 g/mol. The van der Waals surface area contributed by atoms with Gasteiger partial charge in [0.2, 0.25) is 0 Å². The number of imidazole rings is 1. The summed E-state index contributed by atoms with van der Waals surface area (Å²) in [6.45, 7) is 1.99. The molecule has 0 radical (unpaired) electrons. The third kappa shape index (κ3) is 3.10. The normalized spacial score (nSPS) is 10.9. The minimum Gasteiger partial charge on any atom is -0.385 e. The van der Waals surface area contributed by atoms with E-state index >= 15 is 0 Å². The number of aromatic amines is 2. The van der Waals surface area contributed by atoms with Gasteiger partial charge in [-0.1, -0.05) is 0 Å².